The van der Waals surface area contributed by atoms with Gasteiger partial charge in [0.2, 0.25) is 0 Å². The number of nitrogens with zero attached hydrogens (tertiary/aromatic N) is 2. The maximum Gasteiger partial charge on any atom is 0.0258 e. The van der Waals surface area contributed by atoms with Gasteiger partial charge in [0.15, 0.2) is 0 Å². The first kappa shape index (κ1) is 15.8. The van der Waals surface area contributed by atoms with E-state index in [1.807, 2.05) is 0 Å². The molecule has 2 saturated heterocycles. The van der Waals surface area contributed by atoms with Crippen molar-refractivity contribution in [3.05, 3.63) is 0 Å². The molecule has 4 atom stereocenters. The number of fused-ring (bicyclic) bond motifs is 1. The van der Waals surface area contributed by atoms with E-state index in [-0.39, 0.29) is 0 Å². The molecule has 3 aliphatic rings. The molecule has 0 bridgehead atoms. The van der Waals surface area contributed by atoms with E-state index in [0.29, 0.717) is 17.5 Å². The van der Waals surface area contributed by atoms with Crippen LogP contribution in [0, 0.1) is 5.41 Å². The molecule has 0 amide bonds. The third-order valence-electron chi connectivity index (χ3n) is 6.39. The summed E-state index contributed by atoms with van der Waals surface area (Å²) in [5.41, 5.74) is 0.515. The molecule has 0 spiro atoms. The van der Waals surface area contributed by atoms with Gasteiger partial charge in [-0.3, -0.25) is 9.80 Å². The molecule has 0 aromatic rings. The van der Waals surface area contributed by atoms with Crippen LogP contribution >= 0.6 is 0 Å². The van der Waals surface area contributed by atoms with E-state index >= 15 is 0 Å². The maximum atomic E-state index is 3.63. The van der Waals surface area contributed by atoms with E-state index in [0.717, 1.165) is 12.1 Å². The number of rotatable bonds is 2. The molecule has 1 N–H and O–H groups in total. The Morgan fingerprint density at radius 3 is 2.67 bits per heavy atom. The Balaban J connectivity index is 1.73. The van der Waals surface area contributed by atoms with Gasteiger partial charge in [-0.15, -0.1) is 0 Å². The van der Waals surface area contributed by atoms with Gasteiger partial charge in [-0.1, -0.05) is 20.3 Å². The summed E-state index contributed by atoms with van der Waals surface area (Å²) >= 11 is 0. The summed E-state index contributed by atoms with van der Waals surface area (Å²) in [6, 6.07) is 2.97. The fourth-order valence-corrected chi connectivity index (χ4v) is 5.07. The van der Waals surface area contributed by atoms with Crippen LogP contribution in [0.3, 0.4) is 0 Å². The first-order valence-corrected chi connectivity index (χ1v) is 9.17. The number of hydrogen-bond donors (Lipinski definition) is 1. The number of nitrogens with one attached hydrogen (secondary N) is 1. The SMILES string of the molecule is CNC1CCC(C)(C)CC1N1CC2CCCCN2CC1C. The topological polar surface area (TPSA) is 18.5 Å². The highest BCUT2D eigenvalue weighted by Crippen LogP contribution is 2.39. The first-order valence-electron chi connectivity index (χ1n) is 9.17. The molecule has 2 aliphatic heterocycles. The van der Waals surface area contributed by atoms with Crippen LogP contribution in [0.2, 0.25) is 0 Å². The van der Waals surface area contributed by atoms with Crippen molar-refractivity contribution in [3.8, 4) is 0 Å². The molecule has 4 unspecified atom stereocenters. The monoisotopic (exact) mass is 293 g/mol. The van der Waals surface area contributed by atoms with Gasteiger partial charge in [-0.25, -0.2) is 0 Å². The Hall–Kier alpha value is -0.120. The van der Waals surface area contributed by atoms with Crippen LogP contribution in [-0.4, -0.2) is 60.6 Å². The average molecular weight is 293 g/mol. The molecule has 3 rings (SSSR count). The van der Waals surface area contributed by atoms with Crippen LogP contribution in [-0.2, 0) is 0 Å². The summed E-state index contributed by atoms with van der Waals surface area (Å²) < 4.78 is 0. The molecule has 0 aromatic carbocycles. The van der Waals surface area contributed by atoms with Crippen molar-refractivity contribution >= 4 is 0 Å². The lowest BCUT2D eigenvalue weighted by molar-refractivity contribution is -0.0381. The zero-order valence-electron chi connectivity index (χ0n) is 14.6. The molecule has 1 aliphatic carbocycles. The Kier molecular flexibility index (Phi) is 4.63. The lowest BCUT2D eigenvalue weighted by atomic mass is 9.72. The molecule has 2 heterocycles. The Labute approximate surface area is 131 Å². The lowest BCUT2D eigenvalue weighted by Crippen LogP contribution is -2.65. The smallest absolute Gasteiger partial charge is 0.0258 e. The minimum Gasteiger partial charge on any atom is -0.315 e. The van der Waals surface area contributed by atoms with E-state index in [9.17, 15) is 0 Å². The molecule has 1 saturated carbocycles. The molecule has 21 heavy (non-hydrogen) atoms. The highest BCUT2D eigenvalue weighted by Gasteiger charge is 2.42. The van der Waals surface area contributed by atoms with E-state index in [4.69, 9.17) is 0 Å². The fourth-order valence-electron chi connectivity index (χ4n) is 5.07. The quantitative estimate of drug-likeness (QED) is 0.844. The molecular weight excluding hydrogens is 258 g/mol. The third-order valence-corrected chi connectivity index (χ3v) is 6.39. The molecule has 122 valence electrons. The largest absolute Gasteiger partial charge is 0.315 e. The van der Waals surface area contributed by atoms with Crippen molar-refractivity contribution in [3.63, 3.8) is 0 Å². The number of hydrogen-bond acceptors (Lipinski definition) is 3. The molecule has 0 radical (unpaired) electrons. The highest BCUT2D eigenvalue weighted by molar-refractivity contribution is 4.99. The van der Waals surface area contributed by atoms with E-state index in [1.165, 1.54) is 58.2 Å². The predicted molar refractivity (Wildman–Crippen MR) is 89.6 cm³/mol. The molecular formula is C18H35N3. The van der Waals surface area contributed by atoms with Gasteiger partial charge in [-0.05, 0) is 58.0 Å². The second kappa shape index (κ2) is 6.17. The van der Waals surface area contributed by atoms with Gasteiger partial charge < -0.3 is 5.32 Å². The summed E-state index contributed by atoms with van der Waals surface area (Å²) in [5.74, 6) is 0. The number of likely N-dealkylation sites (N-methyl/N-ethyl adjacent to an activating group) is 1. The Morgan fingerprint density at radius 1 is 1.10 bits per heavy atom. The molecule has 3 nitrogen and oxygen atoms in total. The van der Waals surface area contributed by atoms with Crippen LogP contribution in [0.1, 0.15) is 59.3 Å². The summed E-state index contributed by atoms with van der Waals surface area (Å²) in [6.45, 7) is 11.3. The molecule has 0 aromatic heterocycles. The van der Waals surface area contributed by atoms with Crippen molar-refractivity contribution in [1.82, 2.24) is 15.1 Å². The Morgan fingerprint density at radius 2 is 1.90 bits per heavy atom. The minimum atomic E-state index is 0.515. The van der Waals surface area contributed by atoms with Crippen molar-refractivity contribution in [1.29, 1.82) is 0 Å². The summed E-state index contributed by atoms with van der Waals surface area (Å²) in [4.78, 5) is 5.64. The Bertz CT molecular complexity index is 354. The van der Waals surface area contributed by atoms with Gasteiger partial charge in [0.1, 0.15) is 0 Å². The van der Waals surface area contributed by atoms with Gasteiger partial charge in [0.25, 0.3) is 0 Å². The van der Waals surface area contributed by atoms with Crippen LogP contribution < -0.4 is 5.32 Å². The minimum absolute atomic E-state index is 0.515. The van der Waals surface area contributed by atoms with Crippen molar-refractivity contribution in [2.24, 2.45) is 5.41 Å². The van der Waals surface area contributed by atoms with Gasteiger partial charge >= 0.3 is 0 Å². The number of piperazine rings is 1. The highest BCUT2D eigenvalue weighted by atomic mass is 15.3. The normalized spacial score (nSPS) is 41.7. The van der Waals surface area contributed by atoms with E-state index in [2.05, 4.69) is 42.9 Å². The maximum absolute atomic E-state index is 3.63. The van der Waals surface area contributed by atoms with E-state index in [1.54, 1.807) is 0 Å². The van der Waals surface area contributed by atoms with Crippen LogP contribution in [0.25, 0.3) is 0 Å². The molecule has 3 fully saturated rings. The van der Waals surface area contributed by atoms with Crippen LogP contribution in [0.4, 0.5) is 0 Å². The zero-order chi connectivity index (χ0) is 15.0. The summed E-state index contributed by atoms with van der Waals surface area (Å²) in [5, 5.41) is 3.63. The van der Waals surface area contributed by atoms with Crippen LogP contribution in [0.5, 0.6) is 0 Å². The van der Waals surface area contributed by atoms with Gasteiger partial charge in [0, 0.05) is 37.3 Å². The predicted octanol–water partition coefficient (Wildman–Crippen LogP) is 2.71. The van der Waals surface area contributed by atoms with Crippen molar-refractivity contribution in [2.45, 2.75) is 83.5 Å². The van der Waals surface area contributed by atoms with Crippen molar-refractivity contribution < 1.29 is 0 Å². The molecule has 3 heteroatoms. The lowest BCUT2D eigenvalue weighted by Gasteiger charge is -2.54. The second-order valence-corrected chi connectivity index (χ2v) is 8.56. The third kappa shape index (κ3) is 3.30. The second-order valence-electron chi connectivity index (χ2n) is 8.56. The van der Waals surface area contributed by atoms with Crippen molar-refractivity contribution in [2.75, 3.05) is 26.7 Å². The summed E-state index contributed by atoms with van der Waals surface area (Å²) in [6.07, 6.45) is 8.34. The zero-order valence-corrected chi connectivity index (χ0v) is 14.6. The van der Waals surface area contributed by atoms with Crippen LogP contribution in [0.15, 0.2) is 0 Å². The number of piperidine rings is 1. The standard InChI is InChI=1S/C18H35N3/c1-14-12-20-10-6-5-7-15(20)13-21(14)17-11-18(2,3)9-8-16(17)19-4/h14-17,19H,5-13H2,1-4H3. The van der Waals surface area contributed by atoms with E-state index < -0.39 is 0 Å². The summed E-state index contributed by atoms with van der Waals surface area (Å²) in [7, 11) is 2.16. The average Bonchev–Trinajstić information content (AvgIpc) is 2.45. The fraction of sp³-hybridized carbons (Fsp3) is 1.00. The first-order chi connectivity index (χ1) is 10.00. The van der Waals surface area contributed by atoms with Gasteiger partial charge in [0.05, 0.1) is 0 Å². The van der Waals surface area contributed by atoms with Gasteiger partial charge in [-0.2, -0.15) is 0 Å².